The molecule has 0 aliphatic heterocycles. The second-order valence-electron chi connectivity index (χ2n) is 4.56. The first-order chi connectivity index (χ1) is 9.81. The van der Waals surface area contributed by atoms with E-state index in [1.54, 1.807) is 13.8 Å². The predicted molar refractivity (Wildman–Crippen MR) is 80.9 cm³/mol. The number of nitrogens with zero attached hydrogens (tertiary/aromatic N) is 1. The van der Waals surface area contributed by atoms with E-state index in [9.17, 15) is 18.5 Å². The molecule has 1 aromatic heterocycles. The van der Waals surface area contributed by atoms with Crippen LogP contribution in [0.4, 0.5) is 5.69 Å². The maximum atomic E-state index is 12.3. The van der Waals surface area contributed by atoms with Crippen molar-refractivity contribution in [1.82, 2.24) is 4.72 Å². The molecule has 1 heterocycles. The van der Waals surface area contributed by atoms with Crippen LogP contribution in [0.5, 0.6) is 0 Å². The molecule has 6 nitrogen and oxygen atoms in total. The lowest BCUT2D eigenvalue weighted by Crippen LogP contribution is -2.26. The lowest BCUT2D eigenvalue weighted by Gasteiger charge is -2.13. The molecule has 0 saturated heterocycles. The zero-order chi connectivity index (χ0) is 15.6. The van der Waals surface area contributed by atoms with E-state index in [1.165, 1.54) is 23.5 Å². The molecule has 1 N–H and O–H groups in total. The Labute approximate surface area is 126 Å². The Kier molecular flexibility index (Phi) is 4.40. The molecule has 0 bridgehead atoms. The molecular formula is C13H14N2O4S2. The smallest absolute Gasteiger partial charge is 0.258 e. The van der Waals surface area contributed by atoms with Crippen LogP contribution in [0.15, 0.2) is 40.6 Å². The first kappa shape index (κ1) is 15.6. The van der Waals surface area contributed by atoms with Crippen LogP contribution in [0.25, 0.3) is 0 Å². The van der Waals surface area contributed by atoms with Gasteiger partial charge in [-0.1, -0.05) is 12.1 Å². The Bertz CT molecular complexity index is 754. The largest absolute Gasteiger partial charge is 0.273 e. The first-order valence-corrected chi connectivity index (χ1v) is 8.48. The topological polar surface area (TPSA) is 89.3 Å². The van der Waals surface area contributed by atoms with Crippen molar-refractivity contribution in [2.24, 2.45) is 0 Å². The number of nitro benzene ring substituents is 1. The Hall–Kier alpha value is -1.77. The Morgan fingerprint density at radius 3 is 2.62 bits per heavy atom. The van der Waals surface area contributed by atoms with E-state index in [1.807, 2.05) is 17.5 Å². The zero-order valence-electron chi connectivity index (χ0n) is 11.4. The van der Waals surface area contributed by atoms with Gasteiger partial charge in [0.1, 0.15) is 0 Å². The van der Waals surface area contributed by atoms with E-state index in [4.69, 9.17) is 0 Å². The summed E-state index contributed by atoms with van der Waals surface area (Å²) in [6.45, 7) is 3.29. The van der Waals surface area contributed by atoms with Crippen molar-refractivity contribution in [3.8, 4) is 0 Å². The second-order valence-corrected chi connectivity index (χ2v) is 7.26. The van der Waals surface area contributed by atoms with Gasteiger partial charge in [-0.2, -0.15) is 0 Å². The number of hydrogen-bond donors (Lipinski definition) is 1. The van der Waals surface area contributed by atoms with Gasteiger partial charge in [-0.15, -0.1) is 11.3 Å². The molecule has 1 atom stereocenters. The molecule has 0 amide bonds. The van der Waals surface area contributed by atoms with E-state index < -0.39 is 21.0 Å². The SMILES string of the molecule is Cc1ccc(S(=O)(=O)N[C@@H](C)c2cccs2)cc1[N+](=O)[O-]. The molecule has 0 saturated carbocycles. The van der Waals surface area contributed by atoms with Gasteiger partial charge in [0.05, 0.1) is 15.9 Å². The molecule has 2 rings (SSSR count). The van der Waals surface area contributed by atoms with Crippen molar-refractivity contribution in [1.29, 1.82) is 0 Å². The fourth-order valence-corrected chi connectivity index (χ4v) is 3.90. The van der Waals surface area contributed by atoms with E-state index in [2.05, 4.69) is 4.72 Å². The van der Waals surface area contributed by atoms with Crippen LogP contribution in [0.2, 0.25) is 0 Å². The van der Waals surface area contributed by atoms with Crippen LogP contribution in [0, 0.1) is 17.0 Å². The first-order valence-electron chi connectivity index (χ1n) is 6.12. The molecule has 2 aromatic rings. The number of rotatable bonds is 5. The van der Waals surface area contributed by atoms with E-state index in [0.29, 0.717) is 5.56 Å². The number of hydrogen-bond acceptors (Lipinski definition) is 5. The fourth-order valence-electron chi connectivity index (χ4n) is 1.85. The molecule has 0 fully saturated rings. The van der Waals surface area contributed by atoms with Crippen molar-refractivity contribution in [2.75, 3.05) is 0 Å². The molecule has 0 aliphatic rings. The highest BCUT2D eigenvalue weighted by Gasteiger charge is 2.22. The van der Waals surface area contributed by atoms with Gasteiger partial charge in [0.2, 0.25) is 10.0 Å². The monoisotopic (exact) mass is 326 g/mol. The quantitative estimate of drug-likeness (QED) is 0.675. The standard InChI is InChI=1S/C13H14N2O4S2/c1-9-5-6-11(8-12(9)15(16)17)21(18,19)14-10(2)13-4-3-7-20-13/h3-8,10,14H,1-2H3/t10-/m0/s1. The molecule has 0 unspecified atom stereocenters. The minimum absolute atomic E-state index is 0.108. The van der Waals surface area contributed by atoms with E-state index in [-0.39, 0.29) is 10.6 Å². The highest BCUT2D eigenvalue weighted by molar-refractivity contribution is 7.89. The average Bonchev–Trinajstić information content (AvgIpc) is 2.92. The molecule has 0 radical (unpaired) electrons. The van der Waals surface area contributed by atoms with Crippen LogP contribution in [-0.4, -0.2) is 13.3 Å². The van der Waals surface area contributed by atoms with Crippen molar-refractivity contribution in [3.63, 3.8) is 0 Å². The number of thiophene rings is 1. The van der Waals surface area contributed by atoms with Crippen molar-refractivity contribution < 1.29 is 13.3 Å². The second kappa shape index (κ2) is 5.92. The van der Waals surface area contributed by atoms with E-state index in [0.717, 1.165) is 10.9 Å². The summed E-state index contributed by atoms with van der Waals surface area (Å²) < 4.78 is 27.1. The zero-order valence-corrected chi connectivity index (χ0v) is 13.1. The molecule has 112 valence electrons. The third kappa shape index (κ3) is 3.46. The summed E-state index contributed by atoms with van der Waals surface area (Å²) in [6.07, 6.45) is 0. The third-order valence-corrected chi connectivity index (χ3v) is 5.58. The maximum absolute atomic E-state index is 12.3. The highest BCUT2D eigenvalue weighted by Crippen LogP contribution is 2.24. The third-order valence-electron chi connectivity index (χ3n) is 2.99. The lowest BCUT2D eigenvalue weighted by molar-refractivity contribution is -0.385. The van der Waals surface area contributed by atoms with Crippen molar-refractivity contribution >= 4 is 27.0 Å². The summed E-state index contributed by atoms with van der Waals surface area (Å²) in [5, 5.41) is 12.8. The van der Waals surface area contributed by atoms with Gasteiger partial charge in [-0.05, 0) is 31.4 Å². The van der Waals surface area contributed by atoms with Gasteiger partial charge >= 0.3 is 0 Å². The van der Waals surface area contributed by atoms with Crippen LogP contribution >= 0.6 is 11.3 Å². The molecule has 8 heteroatoms. The number of aryl methyl sites for hydroxylation is 1. The van der Waals surface area contributed by atoms with Gasteiger partial charge in [0.25, 0.3) is 5.69 Å². The molecule has 0 spiro atoms. The van der Waals surface area contributed by atoms with Gasteiger partial charge in [-0.25, -0.2) is 13.1 Å². The molecular weight excluding hydrogens is 312 g/mol. The van der Waals surface area contributed by atoms with Crippen LogP contribution in [-0.2, 0) is 10.0 Å². The Morgan fingerprint density at radius 1 is 1.33 bits per heavy atom. The summed E-state index contributed by atoms with van der Waals surface area (Å²) >= 11 is 1.44. The normalized spacial score (nSPS) is 13.0. The minimum atomic E-state index is -3.81. The summed E-state index contributed by atoms with van der Waals surface area (Å²) in [5.74, 6) is 0. The van der Waals surface area contributed by atoms with Crippen molar-refractivity contribution in [2.45, 2.75) is 24.8 Å². The summed E-state index contributed by atoms with van der Waals surface area (Å²) in [4.78, 5) is 11.1. The Balaban J connectivity index is 2.32. The van der Waals surface area contributed by atoms with Crippen LogP contribution in [0.3, 0.4) is 0 Å². The van der Waals surface area contributed by atoms with Gasteiger partial charge < -0.3 is 0 Å². The van der Waals surface area contributed by atoms with Gasteiger partial charge in [0.15, 0.2) is 0 Å². The predicted octanol–water partition coefficient (Wildman–Crippen LogP) is 3.00. The summed E-state index contributed by atoms with van der Waals surface area (Å²) in [6, 6.07) is 7.15. The number of nitro groups is 1. The van der Waals surface area contributed by atoms with E-state index >= 15 is 0 Å². The molecule has 1 aromatic carbocycles. The minimum Gasteiger partial charge on any atom is -0.258 e. The lowest BCUT2D eigenvalue weighted by atomic mass is 10.2. The molecule has 0 aliphatic carbocycles. The van der Waals surface area contributed by atoms with Crippen molar-refractivity contribution in [3.05, 3.63) is 56.3 Å². The summed E-state index contributed by atoms with van der Waals surface area (Å²) in [7, 11) is -3.81. The highest BCUT2D eigenvalue weighted by atomic mass is 32.2. The van der Waals surface area contributed by atoms with Gasteiger partial charge in [-0.3, -0.25) is 10.1 Å². The fraction of sp³-hybridized carbons (Fsp3) is 0.231. The number of nitrogens with one attached hydrogen (secondary N) is 1. The number of sulfonamides is 1. The van der Waals surface area contributed by atoms with Gasteiger partial charge in [0, 0.05) is 16.5 Å². The number of benzene rings is 1. The summed E-state index contributed by atoms with van der Waals surface area (Å²) in [5.41, 5.74) is 0.215. The molecule has 21 heavy (non-hydrogen) atoms. The maximum Gasteiger partial charge on any atom is 0.273 e. The average molecular weight is 326 g/mol. The van der Waals surface area contributed by atoms with Crippen LogP contribution in [0.1, 0.15) is 23.4 Å². The Morgan fingerprint density at radius 2 is 2.05 bits per heavy atom. The van der Waals surface area contributed by atoms with Crippen LogP contribution < -0.4 is 4.72 Å².